The summed E-state index contributed by atoms with van der Waals surface area (Å²) >= 11 is 7.36. The Labute approximate surface area is 193 Å². The molecule has 7 nitrogen and oxygen atoms in total. The van der Waals surface area contributed by atoms with E-state index in [0.29, 0.717) is 36.1 Å². The van der Waals surface area contributed by atoms with Crippen LogP contribution >= 0.6 is 22.9 Å². The Morgan fingerprint density at radius 2 is 2.03 bits per heavy atom. The van der Waals surface area contributed by atoms with E-state index in [2.05, 4.69) is 15.3 Å². The summed E-state index contributed by atoms with van der Waals surface area (Å²) in [4.78, 5) is 36.1. The van der Waals surface area contributed by atoms with Gasteiger partial charge < -0.3 is 14.6 Å². The number of amides is 2. The predicted molar refractivity (Wildman–Crippen MR) is 124 cm³/mol. The van der Waals surface area contributed by atoms with Gasteiger partial charge in [-0.05, 0) is 49.2 Å². The number of anilines is 1. The van der Waals surface area contributed by atoms with Crippen molar-refractivity contribution in [2.24, 2.45) is 5.92 Å². The topological polar surface area (TPSA) is 88.3 Å². The predicted octanol–water partition coefficient (Wildman–Crippen LogP) is 5.10. The van der Waals surface area contributed by atoms with Crippen LogP contribution < -0.4 is 5.32 Å². The molecule has 1 fully saturated rings. The third kappa shape index (κ3) is 4.24. The van der Waals surface area contributed by atoms with Crippen molar-refractivity contribution in [2.45, 2.75) is 12.8 Å². The van der Waals surface area contributed by atoms with Gasteiger partial charge in [-0.25, -0.2) is 9.97 Å². The van der Waals surface area contributed by atoms with Crippen molar-refractivity contribution in [3.05, 3.63) is 65.5 Å². The van der Waals surface area contributed by atoms with E-state index in [-0.39, 0.29) is 23.5 Å². The summed E-state index contributed by atoms with van der Waals surface area (Å²) in [7, 11) is 0. The van der Waals surface area contributed by atoms with E-state index >= 15 is 0 Å². The largest absolute Gasteiger partial charge is 0.448 e. The SMILES string of the molecule is O=C(Nc1ccc(Cl)cn1)C1CCCN(C(=O)c2ccc(-c3nc4ccccc4s3)o2)C1. The number of fused-ring (bicyclic) bond motifs is 1. The normalized spacial score (nSPS) is 16.3. The zero-order valence-electron chi connectivity index (χ0n) is 17.0. The Balaban J connectivity index is 1.27. The first-order chi connectivity index (χ1) is 15.6. The van der Waals surface area contributed by atoms with Crippen LogP contribution in [0.1, 0.15) is 23.4 Å². The molecule has 9 heteroatoms. The summed E-state index contributed by atoms with van der Waals surface area (Å²) in [6, 6.07) is 14.6. The van der Waals surface area contributed by atoms with Crippen LogP contribution in [0, 0.1) is 5.92 Å². The summed E-state index contributed by atoms with van der Waals surface area (Å²) in [6.45, 7) is 0.911. The van der Waals surface area contributed by atoms with E-state index in [0.717, 1.165) is 21.6 Å². The number of rotatable bonds is 4. The van der Waals surface area contributed by atoms with Crippen LogP contribution in [0.3, 0.4) is 0 Å². The molecule has 0 spiro atoms. The lowest BCUT2D eigenvalue weighted by atomic mass is 9.97. The molecule has 4 heterocycles. The third-order valence-electron chi connectivity index (χ3n) is 5.38. The highest BCUT2D eigenvalue weighted by atomic mass is 35.5. The van der Waals surface area contributed by atoms with Crippen LogP contribution in [0.5, 0.6) is 0 Å². The molecule has 0 bridgehead atoms. The zero-order chi connectivity index (χ0) is 22.1. The number of aromatic nitrogens is 2. The molecule has 1 unspecified atom stereocenters. The summed E-state index contributed by atoms with van der Waals surface area (Å²) in [5, 5.41) is 4.03. The van der Waals surface area contributed by atoms with Crippen LogP contribution in [0.4, 0.5) is 5.82 Å². The Morgan fingerprint density at radius 1 is 1.16 bits per heavy atom. The van der Waals surface area contributed by atoms with Crippen LogP contribution in [0.2, 0.25) is 5.02 Å². The van der Waals surface area contributed by atoms with E-state index in [1.165, 1.54) is 17.5 Å². The summed E-state index contributed by atoms with van der Waals surface area (Å²) in [5.74, 6) is 0.555. The summed E-state index contributed by atoms with van der Waals surface area (Å²) in [6.07, 6.45) is 2.93. The average Bonchev–Trinajstić information content (AvgIpc) is 3.47. The van der Waals surface area contributed by atoms with E-state index in [1.807, 2.05) is 24.3 Å². The van der Waals surface area contributed by atoms with Gasteiger partial charge in [-0.3, -0.25) is 9.59 Å². The Morgan fingerprint density at radius 3 is 2.84 bits per heavy atom. The summed E-state index contributed by atoms with van der Waals surface area (Å²) < 4.78 is 6.91. The van der Waals surface area contributed by atoms with Crippen LogP contribution in [0.15, 0.2) is 59.1 Å². The molecule has 1 aromatic carbocycles. The molecular formula is C23H19ClN4O3S. The first-order valence-corrected chi connectivity index (χ1v) is 11.4. The quantitative estimate of drug-likeness (QED) is 0.452. The number of benzene rings is 1. The average molecular weight is 467 g/mol. The fraction of sp³-hybridized carbons (Fsp3) is 0.217. The highest BCUT2D eigenvalue weighted by Crippen LogP contribution is 2.31. The number of piperidine rings is 1. The molecule has 162 valence electrons. The standard InChI is InChI=1S/C23H19ClN4O3S/c24-15-7-10-20(25-12-15)27-21(29)14-4-3-11-28(13-14)23(30)18-9-8-17(31-18)22-26-16-5-1-2-6-19(16)32-22/h1-2,5-10,12,14H,3-4,11,13H2,(H,25,27,29). The number of nitrogens with zero attached hydrogens (tertiary/aromatic N) is 3. The lowest BCUT2D eigenvalue weighted by molar-refractivity contribution is -0.121. The zero-order valence-corrected chi connectivity index (χ0v) is 18.5. The second-order valence-corrected chi connectivity index (χ2v) is 9.06. The van der Waals surface area contributed by atoms with Crippen molar-refractivity contribution >= 4 is 50.8 Å². The molecule has 1 aliphatic heterocycles. The van der Waals surface area contributed by atoms with Crippen molar-refractivity contribution in [3.8, 4) is 10.8 Å². The molecule has 1 N–H and O–H groups in total. The fourth-order valence-corrected chi connectivity index (χ4v) is 4.79. The van der Waals surface area contributed by atoms with E-state index in [9.17, 15) is 9.59 Å². The molecule has 1 saturated heterocycles. The molecule has 4 aromatic rings. The Bertz CT molecular complexity index is 1250. The number of para-hydroxylation sites is 1. The number of pyridine rings is 1. The molecule has 2 amide bonds. The van der Waals surface area contributed by atoms with Crippen LogP contribution in [-0.4, -0.2) is 39.8 Å². The Kier molecular flexibility index (Phi) is 5.63. The number of hydrogen-bond acceptors (Lipinski definition) is 6. The minimum Gasteiger partial charge on any atom is -0.448 e. The number of carbonyl (C=O) groups excluding carboxylic acids is 2. The molecule has 0 radical (unpaired) electrons. The van der Waals surface area contributed by atoms with Crippen molar-refractivity contribution < 1.29 is 14.0 Å². The third-order valence-corrected chi connectivity index (χ3v) is 6.65. The van der Waals surface area contributed by atoms with Gasteiger partial charge in [0, 0.05) is 19.3 Å². The minimum atomic E-state index is -0.316. The van der Waals surface area contributed by atoms with Gasteiger partial charge in [0.05, 0.1) is 21.2 Å². The molecule has 3 aromatic heterocycles. The molecule has 0 saturated carbocycles. The molecule has 1 atom stereocenters. The maximum Gasteiger partial charge on any atom is 0.289 e. The van der Waals surface area contributed by atoms with E-state index in [1.54, 1.807) is 29.2 Å². The highest BCUT2D eigenvalue weighted by molar-refractivity contribution is 7.21. The molecule has 1 aliphatic rings. The second kappa shape index (κ2) is 8.72. The highest BCUT2D eigenvalue weighted by Gasteiger charge is 2.30. The Hall–Kier alpha value is -3.23. The number of nitrogens with one attached hydrogen (secondary N) is 1. The monoisotopic (exact) mass is 466 g/mol. The van der Waals surface area contributed by atoms with Crippen molar-refractivity contribution in [3.63, 3.8) is 0 Å². The number of furan rings is 1. The van der Waals surface area contributed by atoms with E-state index < -0.39 is 0 Å². The van der Waals surface area contributed by atoms with Gasteiger partial charge >= 0.3 is 0 Å². The van der Waals surface area contributed by atoms with Gasteiger partial charge in [-0.15, -0.1) is 11.3 Å². The first kappa shape index (κ1) is 20.7. The van der Waals surface area contributed by atoms with Gasteiger partial charge in [-0.1, -0.05) is 23.7 Å². The van der Waals surface area contributed by atoms with Crippen molar-refractivity contribution in [1.82, 2.24) is 14.9 Å². The van der Waals surface area contributed by atoms with Crippen molar-refractivity contribution in [1.29, 1.82) is 0 Å². The number of carbonyl (C=O) groups is 2. The molecule has 32 heavy (non-hydrogen) atoms. The fourth-order valence-electron chi connectivity index (χ4n) is 3.75. The maximum absolute atomic E-state index is 13.0. The van der Waals surface area contributed by atoms with Gasteiger partial charge in [0.15, 0.2) is 16.5 Å². The van der Waals surface area contributed by atoms with Gasteiger partial charge in [-0.2, -0.15) is 0 Å². The minimum absolute atomic E-state index is 0.160. The maximum atomic E-state index is 13.0. The van der Waals surface area contributed by atoms with Gasteiger partial charge in [0.2, 0.25) is 5.91 Å². The van der Waals surface area contributed by atoms with Crippen LogP contribution in [0.25, 0.3) is 21.0 Å². The lowest BCUT2D eigenvalue weighted by Crippen LogP contribution is -2.43. The lowest BCUT2D eigenvalue weighted by Gasteiger charge is -2.31. The molecule has 0 aliphatic carbocycles. The van der Waals surface area contributed by atoms with E-state index in [4.69, 9.17) is 16.0 Å². The molecule has 5 rings (SSSR count). The van der Waals surface area contributed by atoms with Gasteiger partial charge in [0.1, 0.15) is 5.82 Å². The van der Waals surface area contributed by atoms with Crippen LogP contribution in [-0.2, 0) is 4.79 Å². The number of likely N-dealkylation sites (tertiary alicyclic amines) is 1. The summed E-state index contributed by atoms with van der Waals surface area (Å²) in [5.41, 5.74) is 0.900. The number of hydrogen-bond donors (Lipinski definition) is 1. The number of halogens is 1. The molecular weight excluding hydrogens is 448 g/mol. The smallest absolute Gasteiger partial charge is 0.289 e. The van der Waals surface area contributed by atoms with Gasteiger partial charge in [0.25, 0.3) is 5.91 Å². The second-order valence-electron chi connectivity index (χ2n) is 7.59. The first-order valence-electron chi connectivity index (χ1n) is 10.2. The number of thiazole rings is 1. The van der Waals surface area contributed by atoms with Crippen molar-refractivity contribution in [2.75, 3.05) is 18.4 Å².